The molecule has 2 aliphatic heterocycles. The molecule has 0 aromatic carbocycles. The van der Waals surface area contributed by atoms with Crippen LogP contribution in [-0.4, -0.2) is 86.8 Å². The highest BCUT2D eigenvalue weighted by molar-refractivity contribution is 8.14. The summed E-state index contributed by atoms with van der Waals surface area (Å²) in [4.78, 5) is 24.2. The monoisotopic (exact) mass is 382 g/mol. The third kappa shape index (κ3) is 4.11. The van der Waals surface area contributed by atoms with Crippen molar-refractivity contribution in [3.8, 4) is 5.75 Å². The van der Waals surface area contributed by atoms with Crippen molar-refractivity contribution < 1.29 is 20.1 Å². The Morgan fingerprint density at radius 1 is 1.35 bits per heavy atom. The van der Waals surface area contributed by atoms with E-state index in [0.717, 1.165) is 31.9 Å². The zero-order valence-corrected chi connectivity index (χ0v) is 14.9. The van der Waals surface area contributed by atoms with Crippen molar-refractivity contribution in [3.05, 3.63) is 18.0 Å². The van der Waals surface area contributed by atoms with E-state index >= 15 is 0 Å². The molecule has 0 bridgehead atoms. The zero-order valence-electron chi connectivity index (χ0n) is 14.1. The van der Waals surface area contributed by atoms with Crippen molar-refractivity contribution in [2.75, 3.05) is 50.0 Å². The fourth-order valence-corrected chi connectivity index (χ4v) is 4.05. The lowest BCUT2D eigenvalue weighted by Gasteiger charge is -2.35. The molecule has 0 unspecified atom stereocenters. The van der Waals surface area contributed by atoms with Crippen LogP contribution in [0.25, 0.3) is 0 Å². The number of anilines is 1. The SMILES string of the molecule is C.C[C@]1(C(=O)O)CSC(c2ncc(N3CCN(CCO)CC3)cc2O)=N1. The third-order valence-corrected chi connectivity index (χ3v) is 5.77. The number of rotatable bonds is 5. The van der Waals surface area contributed by atoms with Gasteiger partial charge in [-0.3, -0.25) is 9.89 Å². The van der Waals surface area contributed by atoms with Gasteiger partial charge in [0, 0.05) is 44.5 Å². The van der Waals surface area contributed by atoms with Crippen molar-refractivity contribution in [2.45, 2.75) is 19.9 Å². The van der Waals surface area contributed by atoms with E-state index in [1.165, 1.54) is 11.8 Å². The molecule has 3 heterocycles. The van der Waals surface area contributed by atoms with Crippen molar-refractivity contribution in [3.63, 3.8) is 0 Å². The van der Waals surface area contributed by atoms with Crippen LogP contribution in [0.3, 0.4) is 0 Å². The molecule has 0 amide bonds. The summed E-state index contributed by atoms with van der Waals surface area (Å²) >= 11 is 1.29. The molecule has 1 fully saturated rings. The topological polar surface area (TPSA) is 109 Å². The van der Waals surface area contributed by atoms with Crippen molar-refractivity contribution >= 4 is 28.5 Å². The molecule has 1 aromatic rings. The van der Waals surface area contributed by atoms with Crippen molar-refractivity contribution in [1.29, 1.82) is 0 Å². The highest BCUT2D eigenvalue weighted by Gasteiger charge is 2.39. The van der Waals surface area contributed by atoms with E-state index < -0.39 is 11.5 Å². The number of aromatic nitrogens is 1. The van der Waals surface area contributed by atoms with Crippen LogP contribution in [-0.2, 0) is 4.79 Å². The van der Waals surface area contributed by atoms with Gasteiger partial charge in [-0.1, -0.05) is 7.43 Å². The second-order valence-electron chi connectivity index (χ2n) is 6.40. The van der Waals surface area contributed by atoms with Gasteiger partial charge in [-0.25, -0.2) is 9.78 Å². The number of nitrogens with zero attached hydrogens (tertiary/aromatic N) is 4. The predicted octanol–water partition coefficient (Wildman–Crippen LogP) is 0.874. The first-order valence-corrected chi connectivity index (χ1v) is 9.15. The summed E-state index contributed by atoms with van der Waals surface area (Å²) in [6.45, 7) is 5.69. The third-order valence-electron chi connectivity index (χ3n) is 4.51. The van der Waals surface area contributed by atoms with Gasteiger partial charge in [-0.2, -0.15) is 0 Å². The lowest BCUT2D eigenvalue weighted by Crippen LogP contribution is -2.47. The average molecular weight is 382 g/mol. The van der Waals surface area contributed by atoms with E-state index in [4.69, 9.17) is 5.11 Å². The fraction of sp³-hybridized carbons (Fsp3) is 0.588. The van der Waals surface area contributed by atoms with Crippen molar-refractivity contribution in [2.24, 2.45) is 4.99 Å². The Hall–Kier alpha value is -1.84. The number of aliphatic hydroxyl groups is 1. The molecule has 0 aliphatic carbocycles. The molecule has 0 saturated carbocycles. The minimum Gasteiger partial charge on any atom is -0.506 e. The van der Waals surface area contributed by atoms with Gasteiger partial charge >= 0.3 is 5.97 Å². The van der Waals surface area contributed by atoms with Crippen LogP contribution < -0.4 is 4.90 Å². The summed E-state index contributed by atoms with van der Waals surface area (Å²) in [5.41, 5.74) is -0.0114. The molecular weight excluding hydrogens is 356 g/mol. The molecule has 26 heavy (non-hydrogen) atoms. The largest absolute Gasteiger partial charge is 0.506 e. The Kier molecular flexibility index (Phi) is 6.48. The number of carboxylic acids is 1. The first kappa shape index (κ1) is 20.5. The number of carboxylic acid groups (broad SMARTS) is 1. The number of piperazine rings is 1. The van der Waals surface area contributed by atoms with E-state index in [1.54, 1.807) is 19.2 Å². The molecule has 0 radical (unpaired) electrons. The normalized spacial score (nSPS) is 23.5. The van der Waals surface area contributed by atoms with Gasteiger partial charge in [0.05, 0.1) is 18.5 Å². The van der Waals surface area contributed by atoms with E-state index in [0.29, 0.717) is 23.0 Å². The molecule has 144 valence electrons. The standard InChI is InChI=1S/C16H22N4O4S.CH4/c1-16(15(23)24)10-25-14(18-16)13-12(22)8-11(9-17-13)20-4-2-19(3-5-20)6-7-21;/h8-9,21-22H,2-7,10H2,1H3,(H,23,24);1H4/t16-;/m1./s1. The molecular formula is C17H26N4O4S. The maximum Gasteiger partial charge on any atom is 0.332 e. The lowest BCUT2D eigenvalue weighted by molar-refractivity contribution is -0.141. The highest BCUT2D eigenvalue weighted by Crippen LogP contribution is 2.34. The van der Waals surface area contributed by atoms with E-state index in [-0.39, 0.29) is 19.8 Å². The van der Waals surface area contributed by atoms with Crippen LogP contribution in [0.4, 0.5) is 5.69 Å². The first-order valence-electron chi connectivity index (χ1n) is 8.16. The van der Waals surface area contributed by atoms with Crippen LogP contribution in [0.2, 0.25) is 0 Å². The second-order valence-corrected chi connectivity index (χ2v) is 7.36. The average Bonchev–Trinajstić information content (AvgIpc) is 2.99. The van der Waals surface area contributed by atoms with Gasteiger partial charge in [0.1, 0.15) is 16.5 Å². The number of carbonyl (C=O) groups is 1. The number of hydrogen-bond acceptors (Lipinski definition) is 8. The quantitative estimate of drug-likeness (QED) is 0.688. The minimum absolute atomic E-state index is 0. The Balaban J connectivity index is 0.00000243. The number of aliphatic carboxylic acids is 1. The lowest BCUT2D eigenvalue weighted by atomic mass is 10.1. The number of aliphatic imine (C=N–C) groups is 1. The molecule has 3 N–H and O–H groups in total. The Morgan fingerprint density at radius 2 is 2.04 bits per heavy atom. The summed E-state index contributed by atoms with van der Waals surface area (Å²) in [5.74, 6) is -0.643. The van der Waals surface area contributed by atoms with E-state index in [2.05, 4.69) is 19.8 Å². The Morgan fingerprint density at radius 3 is 2.58 bits per heavy atom. The van der Waals surface area contributed by atoms with E-state index in [1.807, 2.05) is 0 Å². The second kappa shape index (κ2) is 8.24. The number of aliphatic hydroxyl groups excluding tert-OH is 1. The number of hydrogen-bond donors (Lipinski definition) is 3. The predicted molar refractivity (Wildman–Crippen MR) is 103 cm³/mol. The van der Waals surface area contributed by atoms with Crippen LogP contribution in [0.5, 0.6) is 5.75 Å². The highest BCUT2D eigenvalue weighted by atomic mass is 32.2. The van der Waals surface area contributed by atoms with Gasteiger partial charge in [-0.15, -0.1) is 11.8 Å². The zero-order chi connectivity index (χ0) is 18.0. The Bertz CT molecular complexity index is 691. The summed E-state index contributed by atoms with van der Waals surface area (Å²) in [6, 6.07) is 1.66. The van der Waals surface area contributed by atoms with Gasteiger partial charge in [0.25, 0.3) is 0 Å². The van der Waals surface area contributed by atoms with Crippen LogP contribution >= 0.6 is 11.8 Å². The molecule has 9 heteroatoms. The molecule has 8 nitrogen and oxygen atoms in total. The molecule has 0 spiro atoms. The van der Waals surface area contributed by atoms with Crippen LogP contribution in [0.15, 0.2) is 17.3 Å². The Labute approximate surface area is 157 Å². The number of thioether (sulfide) groups is 1. The number of β-amino-alcohol motifs (C(OH)–C–C–N with tert-alkyl or cyclic N) is 1. The summed E-state index contributed by atoms with van der Waals surface area (Å²) in [7, 11) is 0. The van der Waals surface area contributed by atoms with Crippen LogP contribution in [0, 0.1) is 0 Å². The van der Waals surface area contributed by atoms with Gasteiger partial charge in [0.15, 0.2) is 5.54 Å². The summed E-state index contributed by atoms with van der Waals surface area (Å²) in [6.07, 6.45) is 1.69. The van der Waals surface area contributed by atoms with E-state index in [9.17, 15) is 15.0 Å². The number of aromatic hydroxyl groups is 1. The van der Waals surface area contributed by atoms with Gasteiger partial charge in [0.2, 0.25) is 0 Å². The van der Waals surface area contributed by atoms with Gasteiger partial charge < -0.3 is 20.2 Å². The molecule has 1 atom stereocenters. The summed E-state index contributed by atoms with van der Waals surface area (Å²) in [5, 5.41) is 29.1. The van der Waals surface area contributed by atoms with Crippen LogP contribution in [0.1, 0.15) is 20.0 Å². The maximum absolute atomic E-state index is 11.3. The summed E-state index contributed by atoms with van der Waals surface area (Å²) < 4.78 is 0. The smallest absolute Gasteiger partial charge is 0.332 e. The maximum atomic E-state index is 11.3. The number of pyridine rings is 1. The van der Waals surface area contributed by atoms with Crippen molar-refractivity contribution in [1.82, 2.24) is 9.88 Å². The molecule has 1 saturated heterocycles. The van der Waals surface area contributed by atoms with Gasteiger partial charge in [-0.05, 0) is 6.92 Å². The molecule has 2 aliphatic rings. The fourth-order valence-electron chi connectivity index (χ4n) is 2.88. The minimum atomic E-state index is -1.17. The molecule has 1 aromatic heterocycles. The molecule has 3 rings (SSSR count). The first-order chi connectivity index (χ1) is 11.9.